The van der Waals surface area contributed by atoms with Crippen molar-refractivity contribution in [3.8, 4) is 0 Å². The van der Waals surface area contributed by atoms with Crippen LogP contribution in [0, 0.1) is 3.57 Å². The topological polar surface area (TPSA) is 55.1 Å². The predicted molar refractivity (Wildman–Crippen MR) is 77.4 cm³/mol. The van der Waals surface area contributed by atoms with Crippen LogP contribution in [-0.4, -0.2) is 19.0 Å². The minimum absolute atomic E-state index is 0. The maximum Gasteiger partial charge on any atom is 0.251 e. The number of hydrogen-bond donors (Lipinski definition) is 2. The van der Waals surface area contributed by atoms with Gasteiger partial charge in [0.25, 0.3) is 5.91 Å². The maximum atomic E-state index is 11.6. The van der Waals surface area contributed by atoms with Gasteiger partial charge in [-0.1, -0.05) is 11.6 Å². The summed E-state index contributed by atoms with van der Waals surface area (Å²) in [6.07, 6.45) is 0.788. The lowest BCUT2D eigenvalue weighted by Crippen LogP contribution is -2.25. The van der Waals surface area contributed by atoms with Crippen molar-refractivity contribution in [2.24, 2.45) is 5.73 Å². The van der Waals surface area contributed by atoms with Crippen molar-refractivity contribution in [3.63, 3.8) is 0 Å². The van der Waals surface area contributed by atoms with E-state index < -0.39 is 0 Å². The zero-order chi connectivity index (χ0) is 11.3. The third-order valence-corrected chi connectivity index (χ3v) is 3.39. The first-order chi connectivity index (χ1) is 7.15. The average Bonchev–Trinajstić information content (AvgIpc) is 2.22. The summed E-state index contributed by atoms with van der Waals surface area (Å²) in [5.41, 5.74) is 5.95. The highest BCUT2D eigenvalue weighted by Gasteiger charge is 2.06. The largest absolute Gasteiger partial charge is 0.352 e. The zero-order valence-electron chi connectivity index (χ0n) is 8.50. The van der Waals surface area contributed by atoms with Crippen LogP contribution in [0.4, 0.5) is 0 Å². The van der Waals surface area contributed by atoms with Crippen molar-refractivity contribution >= 4 is 52.5 Å². The van der Waals surface area contributed by atoms with E-state index in [2.05, 4.69) is 27.9 Å². The van der Waals surface area contributed by atoms with Crippen molar-refractivity contribution in [1.29, 1.82) is 0 Å². The normalized spacial score (nSPS) is 9.44. The minimum Gasteiger partial charge on any atom is -0.352 e. The molecule has 3 N–H and O–H groups in total. The van der Waals surface area contributed by atoms with Gasteiger partial charge in [0.2, 0.25) is 0 Å². The van der Waals surface area contributed by atoms with Crippen molar-refractivity contribution in [1.82, 2.24) is 5.32 Å². The molecule has 1 rings (SSSR count). The Morgan fingerprint density at radius 3 is 2.75 bits per heavy atom. The SMILES string of the molecule is Cl.NCCCNC(=O)c1ccc(Cl)c(I)c1. The maximum absolute atomic E-state index is 11.6. The van der Waals surface area contributed by atoms with E-state index in [-0.39, 0.29) is 18.3 Å². The number of rotatable bonds is 4. The van der Waals surface area contributed by atoms with Crippen LogP contribution in [0.3, 0.4) is 0 Å². The molecule has 0 unspecified atom stereocenters. The molecule has 0 atom stereocenters. The highest BCUT2D eigenvalue weighted by molar-refractivity contribution is 14.1. The summed E-state index contributed by atoms with van der Waals surface area (Å²) < 4.78 is 0.876. The molecule has 0 bridgehead atoms. The van der Waals surface area contributed by atoms with E-state index in [9.17, 15) is 4.79 Å². The molecular weight excluding hydrogens is 362 g/mol. The quantitative estimate of drug-likeness (QED) is 0.628. The van der Waals surface area contributed by atoms with Gasteiger partial charge in [-0.2, -0.15) is 0 Å². The van der Waals surface area contributed by atoms with Crippen molar-refractivity contribution in [2.75, 3.05) is 13.1 Å². The van der Waals surface area contributed by atoms with Gasteiger partial charge in [0.1, 0.15) is 0 Å². The summed E-state index contributed by atoms with van der Waals surface area (Å²) in [4.78, 5) is 11.6. The molecule has 0 fully saturated rings. The Morgan fingerprint density at radius 2 is 2.19 bits per heavy atom. The molecule has 0 aliphatic carbocycles. The summed E-state index contributed by atoms with van der Waals surface area (Å²) in [5.74, 6) is -0.0852. The second-order valence-corrected chi connectivity index (χ2v) is 4.60. The van der Waals surface area contributed by atoms with E-state index >= 15 is 0 Å². The molecule has 0 spiro atoms. The molecule has 1 amide bonds. The zero-order valence-corrected chi connectivity index (χ0v) is 12.2. The molecule has 0 aliphatic rings. The molecule has 16 heavy (non-hydrogen) atoms. The molecule has 1 aromatic rings. The molecule has 6 heteroatoms. The lowest BCUT2D eigenvalue weighted by atomic mass is 10.2. The van der Waals surface area contributed by atoms with Gasteiger partial charge in [-0.15, -0.1) is 12.4 Å². The average molecular weight is 375 g/mol. The molecule has 0 saturated carbocycles. The number of nitrogens with one attached hydrogen (secondary N) is 1. The molecule has 0 aromatic heterocycles. The third kappa shape index (κ3) is 4.86. The number of benzene rings is 1. The molecule has 0 heterocycles. The summed E-state index contributed by atoms with van der Waals surface area (Å²) in [7, 11) is 0. The summed E-state index contributed by atoms with van der Waals surface area (Å²) in [5, 5.41) is 3.44. The van der Waals surface area contributed by atoms with E-state index in [4.69, 9.17) is 17.3 Å². The van der Waals surface area contributed by atoms with Gasteiger partial charge >= 0.3 is 0 Å². The Hall–Kier alpha value is -0.0400. The van der Waals surface area contributed by atoms with Crippen molar-refractivity contribution in [2.45, 2.75) is 6.42 Å². The van der Waals surface area contributed by atoms with Crippen LogP contribution in [-0.2, 0) is 0 Å². The Labute approximate surface area is 120 Å². The van der Waals surface area contributed by atoms with Crippen LogP contribution in [0.5, 0.6) is 0 Å². The molecule has 1 aromatic carbocycles. The van der Waals surface area contributed by atoms with Gasteiger partial charge in [0.15, 0.2) is 0 Å². The fourth-order valence-electron chi connectivity index (χ4n) is 1.04. The monoisotopic (exact) mass is 374 g/mol. The van der Waals surface area contributed by atoms with Gasteiger partial charge in [-0.25, -0.2) is 0 Å². The van der Waals surface area contributed by atoms with Crippen molar-refractivity contribution < 1.29 is 4.79 Å². The highest BCUT2D eigenvalue weighted by atomic mass is 127. The Balaban J connectivity index is 0.00000225. The first-order valence-corrected chi connectivity index (χ1v) is 6.04. The van der Waals surface area contributed by atoms with E-state index in [1.54, 1.807) is 18.2 Å². The number of halogens is 3. The fourth-order valence-corrected chi connectivity index (χ4v) is 1.68. The number of hydrogen-bond acceptors (Lipinski definition) is 2. The van der Waals surface area contributed by atoms with Crippen LogP contribution in [0.1, 0.15) is 16.8 Å². The van der Waals surface area contributed by atoms with Crippen LogP contribution in [0.25, 0.3) is 0 Å². The Morgan fingerprint density at radius 1 is 1.50 bits per heavy atom. The molecule has 90 valence electrons. The standard InChI is InChI=1S/C10H12ClIN2O.ClH/c11-8-3-2-7(6-9(8)12)10(15)14-5-1-4-13;/h2-3,6H,1,4-5,13H2,(H,14,15);1H. The first kappa shape index (κ1) is 16.0. The summed E-state index contributed by atoms with van der Waals surface area (Å²) >= 11 is 7.95. The van der Waals surface area contributed by atoms with Crippen molar-refractivity contribution in [3.05, 3.63) is 32.4 Å². The summed E-state index contributed by atoms with van der Waals surface area (Å²) in [6, 6.07) is 5.20. The van der Waals surface area contributed by atoms with Gasteiger partial charge in [0, 0.05) is 15.7 Å². The van der Waals surface area contributed by atoms with Crippen LogP contribution >= 0.6 is 46.6 Å². The number of nitrogens with two attached hydrogens (primary N) is 1. The van der Waals surface area contributed by atoms with Crippen LogP contribution in [0.15, 0.2) is 18.2 Å². The van der Waals surface area contributed by atoms with Gasteiger partial charge in [-0.05, 0) is 53.8 Å². The first-order valence-electron chi connectivity index (χ1n) is 4.58. The highest BCUT2D eigenvalue weighted by Crippen LogP contribution is 2.19. The molecular formula is C10H13Cl2IN2O. The molecule has 0 saturated heterocycles. The van der Waals surface area contributed by atoms with E-state index in [0.29, 0.717) is 23.7 Å². The van der Waals surface area contributed by atoms with Gasteiger partial charge in [0.05, 0.1) is 5.02 Å². The lowest BCUT2D eigenvalue weighted by molar-refractivity contribution is 0.0953. The van der Waals surface area contributed by atoms with Crippen LogP contribution < -0.4 is 11.1 Å². The Kier molecular flexibility index (Phi) is 8.09. The second kappa shape index (κ2) is 8.11. The Bertz CT molecular complexity index is 361. The minimum atomic E-state index is -0.0852. The predicted octanol–water partition coefficient (Wildman–Crippen LogP) is 2.45. The van der Waals surface area contributed by atoms with Crippen LogP contribution in [0.2, 0.25) is 5.02 Å². The van der Waals surface area contributed by atoms with E-state index in [0.717, 1.165) is 9.99 Å². The lowest BCUT2D eigenvalue weighted by Gasteiger charge is -2.05. The summed E-state index contributed by atoms with van der Waals surface area (Å²) in [6.45, 7) is 1.19. The number of amides is 1. The van der Waals surface area contributed by atoms with Gasteiger partial charge < -0.3 is 11.1 Å². The van der Waals surface area contributed by atoms with E-state index in [1.165, 1.54) is 0 Å². The molecule has 0 aliphatic heterocycles. The third-order valence-electron chi connectivity index (χ3n) is 1.85. The second-order valence-electron chi connectivity index (χ2n) is 3.03. The number of carbonyl (C=O) groups excluding carboxylic acids is 1. The van der Waals surface area contributed by atoms with E-state index in [1.807, 2.05) is 0 Å². The fraction of sp³-hybridized carbons (Fsp3) is 0.300. The number of carbonyl (C=O) groups is 1. The molecule has 3 nitrogen and oxygen atoms in total. The van der Waals surface area contributed by atoms with Gasteiger partial charge in [-0.3, -0.25) is 4.79 Å². The molecule has 0 radical (unpaired) electrons. The smallest absolute Gasteiger partial charge is 0.251 e.